The van der Waals surface area contributed by atoms with Gasteiger partial charge in [0.25, 0.3) is 0 Å². The standard InChI is InChI=1S/C10H10O3S/c1-14(11,12)7-8-6-13-10-5-3-2-4-9(8)10/h2-6H,7H2,1H3. The maximum atomic E-state index is 11.1. The quantitative estimate of drug-likeness (QED) is 0.761. The second-order valence-corrected chi connectivity index (χ2v) is 5.47. The Labute approximate surface area is 82.3 Å². The van der Waals surface area contributed by atoms with E-state index in [0.717, 1.165) is 16.5 Å². The second-order valence-electron chi connectivity index (χ2n) is 3.33. The Hall–Kier alpha value is -1.29. The molecule has 0 aliphatic rings. The van der Waals surface area contributed by atoms with E-state index in [1.165, 1.54) is 12.5 Å². The zero-order valence-electron chi connectivity index (χ0n) is 7.73. The summed E-state index contributed by atoms with van der Waals surface area (Å²) in [6.45, 7) is 0. The van der Waals surface area contributed by atoms with Crippen LogP contribution >= 0.6 is 0 Å². The Balaban J connectivity index is 2.54. The lowest BCUT2D eigenvalue weighted by Crippen LogP contribution is -1.99. The molecule has 0 saturated heterocycles. The van der Waals surface area contributed by atoms with Gasteiger partial charge in [-0.05, 0) is 6.07 Å². The molecule has 2 rings (SSSR count). The second kappa shape index (κ2) is 3.13. The predicted octanol–water partition coefficient (Wildman–Crippen LogP) is 1.98. The first-order valence-electron chi connectivity index (χ1n) is 4.19. The van der Waals surface area contributed by atoms with Crippen LogP contribution in [0.2, 0.25) is 0 Å². The van der Waals surface area contributed by atoms with Crippen LogP contribution < -0.4 is 0 Å². The normalized spacial score (nSPS) is 12.1. The summed E-state index contributed by atoms with van der Waals surface area (Å²) in [6.07, 6.45) is 2.72. The minimum atomic E-state index is -3.00. The number of hydrogen-bond donors (Lipinski definition) is 0. The Morgan fingerprint density at radius 3 is 2.71 bits per heavy atom. The fraction of sp³-hybridized carbons (Fsp3) is 0.200. The molecule has 1 aromatic carbocycles. The number of fused-ring (bicyclic) bond motifs is 1. The van der Waals surface area contributed by atoms with Gasteiger partial charge in [0.15, 0.2) is 9.84 Å². The third kappa shape index (κ3) is 1.80. The first-order valence-corrected chi connectivity index (χ1v) is 6.25. The Morgan fingerprint density at radius 2 is 2.00 bits per heavy atom. The fourth-order valence-corrected chi connectivity index (χ4v) is 2.22. The zero-order chi connectivity index (χ0) is 10.2. The van der Waals surface area contributed by atoms with Crippen molar-refractivity contribution < 1.29 is 12.8 Å². The molecule has 74 valence electrons. The molecule has 0 bridgehead atoms. The smallest absolute Gasteiger partial charge is 0.151 e. The third-order valence-corrected chi connectivity index (χ3v) is 2.81. The molecule has 0 spiro atoms. The van der Waals surface area contributed by atoms with Crippen LogP contribution in [-0.4, -0.2) is 14.7 Å². The van der Waals surface area contributed by atoms with Crippen molar-refractivity contribution in [2.75, 3.05) is 6.26 Å². The molecule has 4 heteroatoms. The van der Waals surface area contributed by atoms with Gasteiger partial charge in [-0.15, -0.1) is 0 Å². The number of para-hydroxylation sites is 1. The molecule has 0 radical (unpaired) electrons. The molecule has 0 aliphatic heterocycles. The largest absolute Gasteiger partial charge is 0.464 e. The maximum Gasteiger partial charge on any atom is 0.151 e. The van der Waals surface area contributed by atoms with Gasteiger partial charge < -0.3 is 4.42 Å². The molecule has 0 unspecified atom stereocenters. The topological polar surface area (TPSA) is 47.3 Å². The molecule has 0 fully saturated rings. The maximum absolute atomic E-state index is 11.1. The molecule has 0 atom stereocenters. The molecule has 0 amide bonds. The molecular weight excluding hydrogens is 200 g/mol. The minimum Gasteiger partial charge on any atom is -0.464 e. The van der Waals surface area contributed by atoms with E-state index in [1.54, 1.807) is 0 Å². The first-order chi connectivity index (χ1) is 6.56. The van der Waals surface area contributed by atoms with Crippen LogP contribution in [0.1, 0.15) is 5.56 Å². The average Bonchev–Trinajstić information content (AvgIpc) is 2.47. The van der Waals surface area contributed by atoms with Crippen molar-refractivity contribution in [2.24, 2.45) is 0 Å². The molecule has 3 nitrogen and oxygen atoms in total. The van der Waals surface area contributed by atoms with E-state index in [4.69, 9.17) is 4.42 Å². The highest BCUT2D eigenvalue weighted by molar-refractivity contribution is 7.89. The van der Waals surface area contributed by atoms with Gasteiger partial charge in [-0.3, -0.25) is 0 Å². The van der Waals surface area contributed by atoms with Crippen molar-refractivity contribution in [1.29, 1.82) is 0 Å². The number of sulfone groups is 1. The SMILES string of the molecule is CS(=O)(=O)Cc1coc2ccccc12. The van der Waals surface area contributed by atoms with Crippen molar-refractivity contribution in [2.45, 2.75) is 5.75 Å². The first kappa shape index (κ1) is 9.27. The summed E-state index contributed by atoms with van der Waals surface area (Å²) in [5.74, 6) is 0.0318. The summed E-state index contributed by atoms with van der Waals surface area (Å²) in [6, 6.07) is 7.40. The fourth-order valence-electron chi connectivity index (χ4n) is 1.43. The molecule has 1 heterocycles. The van der Waals surface area contributed by atoms with E-state index < -0.39 is 9.84 Å². The van der Waals surface area contributed by atoms with Gasteiger partial charge in [-0.25, -0.2) is 8.42 Å². The Kier molecular flexibility index (Phi) is 2.07. The number of benzene rings is 1. The van der Waals surface area contributed by atoms with E-state index >= 15 is 0 Å². The van der Waals surface area contributed by atoms with E-state index in [2.05, 4.69) is 0 Å². The van der Waals surface area contributed by atoms with Gasteiger partial charge in [0.1, 0.15) is 5.58 Å². The van der Waals surface area contributed by atoms with Gasteiger partial charge in [0.2, 0.25) is 0 Å². The highest BCUT2D eigenvalue weighted by Crippen LogP contribution is 2.21. The van der Waals surface area contributed by atoms with Gasteiger partial charge in [-0.1, -0.05) is 18.2 Å². The summed E-state index contributed by atoms with van der Waals surface area (Å²) in [5.41, 5.74) is 1.45. The monoisotopic (exact) mass is 210 g/mol. The molecular formula is C10H10O3S. The summed E-state index contributed by atoms with van der Waals surface area (Å²) in [4.78, 5) is 0. The van der Waals surface area contributed by atoms with Gasteiger partial charge >= 0.3 is 0 Å². The van der Waals surface area contributed by atoms with Gasteiger partial charge in [0, 0.05) is 17.2 Å². The van der Waals surface area contributed by atoms with Crippen molar-refractivity contribution >= 4 is 20.8 Å². The van der Waals surface area contributed by atoms with E-state index in [1.807, 2.05) is 24.3 Å². The van der Waals surface area contributed by atoms with Crippen molar-refractivity contribution in [3.8, 4) is 0 Å². The molecule has 14 heavy (non-hydrogen) atoms. The van der Waals surface area contributed by atoms with Crippen LogP contribution in [0, 0.1) is 0 Å². The van der Waals surface area contributed by atoms with Crippen LogP contribution in [0.5, 0.6) is 0 Å². The zero-order valence-corrected chi connectivity index (χ0v) is 8.54. The minimum absolute atomic E-state index is 0.0318. The number of furan rings is 1. The van der Waals surface area contributed by atoms with Gasteiger partial charge in [0.05, 0.1) is 12.0 Å². The van der Waals surface area contributed by atoms with Crippen LogP contribution in [0.4, 0.5) is 0 Å². The molecule has 1 aromatic heterocycles. The van der Waals surface area contributed by atoms with Crippen LogP contribution in [0.15, 0.2) is 34.9 Å². The lowest BCUT2D eigenvalue weighted by molar-refractivity contribution is 0.596. The van der Waals surface area contributed by atoms with Gasteiger partial charge in [-0.2, -0.15) is 0 Å². The average molecular weight is 210 g/mol. The molecule has 0 saturated carbocycles. The molecule has 2 aromatic rings. The highest BCUT2D eigenvalue weighted by atomic mass is 32.2. The van der Waals surface area contributed by atoms with E-state index in [9.17, 15) is 8.42 Å². The highest BCUT2D eigenvalue weighted by Gasteiger charge is 2.10. The van der Waals surface area contributed by atoms with Crippen molar-refractivity contribution in [1.82, 2.24) is 0 Å². The van der Waals surface area contributed by atoms with Crippen molar-refractivity contribution in [3.63, 3.8) is 0 Å². The molecule has 0 aliphatic carbocycles. The summed E-state index contributed by atoms with van der Waals surface area (Å²) >= 11 is 0. The summed E-state index contributed by atoms with van der Waals surface area (Å²) in [5, 5.41) is 0.873. The van der Waals surface area contributed by atoms with E-state index in [0.29, 0.717) is 0 Å². The van der Waals surface area contributed by atoms with Crippen LogP contribution in [-0.2, 0) is 15.6 Å². The predicted molar refractivity (Wildman–Crippen MR) is 54.8 cm³/mol. The lowest BCUT2D eigenvalue weighted by atomic mass is 10.2. The third-order valence-electron chi connectivity index (χ3n) is 1.98. The lowest BCUT2D eigenvalue weighted by Gasteiger charge is -1.94. The van der Waals surface area contributed by atoms with E-state index in [-0.39, 0.29) is 5.75 Å². The Bertz CT molecular complexity index is 552. The number of hydrogen-bond acceptors (Lipinski definition) is 3. The van der Waals surface area contributed by atoms with Crippen molar-refractivity contribution in [3.05, 3.63) is 36.1 Å². The Morgan fingerprint density at radius 1 is 1.29 bits per heavy atom. The molecule has 0 N–H and O–H groups in total. The van der Waals surface area contributed by atoms with Crippen LogP contribution in [0.25, 0.3) is 11.0 Å². The number of rotatable bonds is 2. The summed E-state index contributed by atoms with van der Waals surface area (Å²) in [7, 11) is -3.00. The summed E-state index contributed by atoms with van der Waals surface area (Å²) < 4.78 is 27.4. The van der Waals surface area contributed by atoms with Crippen LogP contribution in [0.3, 0.4) is 0 Å².